The fourth-order valence-electron chi connectivity index (χ4n) is 0.389. The molecule has 0 aliphatic carbocycles. The lowest BCUT2D eigenvalue weighted by atomic mass is 10.1. The molecule has 1 nitrogen and oxygen atoms in total. The molecule has 0 aliphatic rings. The van der Waals surface area contributed by atoms with Crippen LogP contribution in [0.3, 0.4) is 0 Å². The summed E-state index contributed by atoms with van der Waals surface area (Å²) in [6.45, 7) is 5.49. The standard InChI is InChI=1S/C7H11IO/c1-3-6(2)7(9)4-5-8/h3-7,9H,1H2,2H3/b5-4+/t6-,7+/m0/s1. The second kappa shape index (κ2) is 4.99. The van der Waals surface area contributed by atoms with Crippen molar-refractivity contribution in [3.63, 3.8) is 0 Å². The van der Waals surface area contributed by atoms with Gasteiger partial charge in [0.15, 0.2) is 0 Å². The van der Waals surface area contributed by atoms with Crippen LogP contribution in [-0.2, 0) is 0 Å². The van der Waals surface area contributed by atoms with Gasteiger partial charge in [-0.15, -0.1) is 6.58 Å². The Morgan fingerprint density at radius 3 is 2.56 bits per heavy atom. The molecule has 0 spiro atoms. The summed E-state index contributed by atoms with van der Waals surface area (Å²) in [7, 11) is 0. The molecular weight excluding hydrogens is 227 g/mol. The van der Waals surface area contributed by atoms with Crippen LogP contribution in [0.15, 0.2) is 22.8 Å². The summed E-state index contributed by atoms with van der Waals surface area (Å²) in [5.74, 6) is 0.149. The van der Waals surface area contributed by atoms with E-state index in [1.165, 1.54) is 0 Å². The molecule has 0 aromatic heterocycles. The zero-order chi connectivity index (χ0) is 7.28. The van der Waals surface area contributed by atoms with E-state index in [2.05, 4.69) is 29.2 Å². The van der Waals surface area contributed by atoms with E-state index >= 15 is 0 Å². The second-order valence-corrected chi connectivity index (χ2v) is 2.62. The first-order chi connectivity index (χ1) is 4.22. The predicted octanol–water partition coefficient (Wildman–Crippen LogP) is 2.12. The van der Waals surface area contributed by atoms with Crippen molar-refractivity contribution in [1.29, 1.82) is 0 Å². The number of aliphatic hydroxyl groups excluding tert-OH is 1. The highest BCUT2D eigenvalue weighted by molar-refractivity contribution is 14.1. The Morgan fingerprint density at radius 2 is 2.22 bits per heavy atom. The molecule has 0 saturated carbocycles. The molecule has 0 unspecified atom stereocenters. The lowest BCUT2D eigenvalue weighted by Crippen LogP contribution is -2.11. The van der Waals surface area contributed by atoms with E-state index in [0.29, 0.717) is 0 Å². The van der Waals surface area contributed by atoms with E-state index in [9.17, 15) is 0 Å². The third kappa shape index (κ3) is 3.70. The summed E-state index contributed by atoms with van der Waals surface area (Å²) >= 11 is 2.08. The Balaban J connectivity index is 3.71. The quantitative estimate of drug-likeness (QED) is 0.589. The van der Waals surface area contributed by atoms with E-state index in [4.69, 9.17) is 5.11 Å². The molecule has 0 fully saturated rings. The Hall–Kier alpha value is 0.170. The SMILES string of the molecule is C=C[C@H](C)[C@H](O)/C=C/I. The van der Waals surface area contributed by atoms with Crippen LogP contribution in [0.25, 0.3) is 0 Å². The number of hydrogen-bond acceptors (Lipinski definition) is 1. The Bertz CT molecular complexity index is 109. The van der Waals surface area contributed by atoms with E-state index in [1.807, 2.05) is 11.0 Å². The number of aliphatic hydroxyl groups is 1. The maximum atomic E-state index is 9.15. The molecule has 0 rings (SSSR count). The number of hydrogen-bond donors (Lipinski definition) is 1. The summed E-state index contributed by atoms with van der Waals surface area (Å²) in [5.41, 5.74) is 0. The Morgan fingerprint density at radius 1 is 1.67 bits per heavy atom. The molecule has 0 aromatic carbocycles. The lowest BCUT2D eigenvalue weighted by Gasteiger charge is -2.08. The molecule has 0 radical (unpaired) electrons. The minimum Gasteiger partial charge on any atom is -0.388 e. The van der Waals surface area contributed by atoms with Crippen molar-refractivity contribution in [1.82, 2.24) is 0 Å². The van der Waals surface area contributed by atoms with Crippen molar-refractivity contribution >= 4 is 22.6 Å². The molecule has 0 aromatic rings. The summed E-state index contributed by atoms with van der Waals surface area (Å²) in [6, 6.07) is 0. The van der Waals surface area contributed by atoms with Gasteiger partial charge >= 0.3 is 0 Å². The van der Waals surface area contributed by atoms with Gasteiger partial charge in [0.2, 0.25) is 0 Å². The summed E-state index contributed by atoms with van der Waals surface area (Å²) in [5, 5.41) is 9.15. The zero-order valence-electron chi connectivity index (χ0n) is 5.42. The van der Waals surface area contributed by atoms with Crippen LogP contribution in [0.1, 0.15) is 6.92 Å². The first kappa shape index (κ1) is 9.17. The van der Waals surface area contributed by atoms with Crippen LogP contribution < -0.4 is 0 Å². The van der Waals surface area contributed by atoms with Crippen LogP contribution in [0, 0.1) is 5.92 Å². The average Bonchev–Trinajstić information content (AvgIpc) is 1.87. The fraction of sp³-hybridized carbons (Fsp3) is 0.429. The third-order valence-electron chi connectivity index (χ3n) is 1.18. The zero-order valence-corrected chi connectivity index (χ0v) is 7.58. The molecule has 1 N–H and O–H groups in total. The van der Waals surface area contributed by atoms with Crippen molar-refractivity contribution < 1.29 is 5.11 Å². The van der Waals surface area contributed by atoms with Gasteiger partial charge in [0.25, 0.3) is 0 Å². The van der Waals surface area contributed by atoms with Crippen molar-refractivity contribution in [2.24, 2.45) is 5.92 Å². The van der Waals surface area contributed by atoms with Crippen LogP contribution in [-0.4, -0.2) is 11.2 Å². The van der Waals surface area contributed by atoms with Crippen LogP contribution in [0.2, 0.25) is 0 Å². The minimum absolute atomic E-state index is 0.149. The van der Waals surface area contributed by atoms with Gasteiger partial charge in [-0.25, -0.2) is 0 Å². The highest BCUT2D eigenvalue weighted by atomic mass is 127. The third-order valence-corrected chi connectivity index (χ3v) is 1.60. The molecule has 0 aliphatic heterocycles. The second-order valence-electron chi connectivity index (χ2n) is 1.90. The van der Waals surface area contributed by atoms with Crippen molar-refractivity contribution in [2.45, 2.75) is 13.0 Å². The van der Waals surface area contributed by atoms with E-state index in [1.54, 1.807) is 12.2 Å². The normalized spacial score (nSPS) is 17.7. The smallest absolute Gasteiger partial charge is 0.0788 e. The summed E-state index contributed by atoms with van der Waals surface area (Å²) < 4.78 is 1.81. The van der Waals surface area contributed by atoms with Crippen LogP contribution in [0.5, 0.6) is 0 Å². The molecule has 0 saturated heterocycles. The maximum Gasteiger partial charge on any atom is 0.0788 e. The molecule has 2 heteroatoms. The molecule has 0 bridgehead atoms. The van der Waals surface area contributed by atoms with Crippen LogP contribution >= 0.6 is 22.6 Å². The Labute approximate surface area is 69.6 Å². The van der Waals surface area contributed by atoms with E-state index in [-0.39, 0.29) is 12.0 Å². The highest BCUT2D eigenvalue weighted by Gasteiger charge is 2.04. The van der Waals surface area contributed by atoms with Gasteiger partial charge in [-0.1, -0.05) is 35.6 Å². The first-order valence-electron chi connectivity index (χ1n) is 2.80. The highest BCUT2D eigenvalue weighted by Crippen LogP contribution is 2.05. The van der Waals surface area contributed by atoms with Gasteiger partial charge in [-0.05, 0) is 10.2 Å². The minimum atomic E-state index is -0.376. The topological polar surface area (TPSA) is 20.2 Å². The molecule has 2 atom stereocenters. The number of rotatable bonds is 3. The molecule has 0 heterocycles. The van der Waals surface area contributed by atoms with Gasteiger partial charge in [0.1, 0.15) is 0 Å². The number of halogens is 1. The van der Waals surface area contributed by atoms with Crippen LogP contribution in [0.4, 0.5) is 0 Å². The van der Waals surface area contributed by atoms with Gasteiger partial charge in [0.05, 0.1) is 6.10 Å². The van der Waals surface area contributed by atoms with Gasteiger partial charge in [-0.3, -0.25) is 0 Å². The largest absolute Gasteiger partial charge is 0.388 e. The Kier molecular flexibility index (Phi) is 5.09. The molecular formula is C7H11IO. The van der Waals surface area contributed by atoms with Gasteiger partial charge in [0, 0.05) is 5.92 Å². The first-order valence-corrected chi connectivity index (χ1v) is 4.04. The summed E-state index contributed by atoms with van der Waals surface area (Å²) in [4.78, 5) is 0. The predicted molar refractivity (Wildman–Crippen MR) is 48.5 cm³/mol. The van der Waals surface area contributed by atoms with Crippen molar-refractivity contribution in [2.75, 3.05) is 0 Å². The van der Waals surface area contributed by atoms with Gasteiger partial charge in [-0.2, -0.15) is 0 Å². The molecule has 52 valence electrons. The van der Waals surface area contributed by atoms with Gasteiger partial charge < -0.3 is 5.11 Å². The fourth-order valence-corrected chi connectivity index (χ4v) is 0.815. The van der Waals surface area contributed by atoms with E-state index < -0.39 is 0 Å². The van der Waals surface area contributed by atoms with Crippen molar-refractivity contribution in [3.05, 3.63) is 22.8 Å². The average molecular weight is 238 g/mol. The maximum absolute atomic E-state index is 9.15. The van der Waals surface area contributed by atoms with E-state index in [0.717, 1.165) is 0 Å². The monoisotopic (exact) mass is 238 g/mol. The molecule has 9 heavy (non-hydrogen) atoms. The van der Waals surface area contributed by atoms with Crippen molar-refractivity contribution in [3.8, 4) is 0 Å². The molecule has 0 amide bonds. The lowest BCUT2D eigenvalue weighted by molar-refractivity contribution is 0.186. The summed E-state index contributed by atoms with van der Waals surface area (Å²) in [6.07, 6.45) is 3.10.